The molecule has 2 heterocycles. The topological polar surface area (TPSA) is 32.8 Å². The van der Waals surface area contributed by atoms with Crippen molar-refractivity contribution >= 4 is 5.91 Å². The van der Waals surface area contributed by atoms with Gasteiger partial charge in [0.1, 0.15) is 5.82 Å². The first-order chi connectivity index (χ1) is 10.7. The molecule has 0 spiro atoms. The van der Waals surface area contributed by atoms with Crippen LogP contribution in [0.3, 0.4) is 0 Å². The smallest absolute Gasteiger partial charge is 0.224 e. The summed E-state index contributed by atoms with van der Waals surface area (Å²) in [6.07, 6.45) is 0.467. The third-order valence-electron chi connectivity index (χ3n) is 4.79. The number of hydrogen-bond acceptors (Lipinski definition) is 3. The number of carbonyl (C=O) groups excluding carboxylic acids is 1. The Morgan fingerprint density at radius 3 is 2.55 bits per heavy atom. The van der Waals surface area contributed by atoms with E-state index in [2.05, 4.69) is 4.90 Å². The zero-order valence-corrected chi connectivity index (χ0v) is 13.0. The summed E-state index contributed by atoms with van der Waals surface area (Å²) in [5.41, 5.74) is 0.760. The van der Waals surface area contributed by atoms with E-state index >= 15 is 0 Å². The molecule has 0 aromatic heterocycles. The number of likely N-dealkylation sites (tertiary alicyclic amines) is 2. The molecular weight excluding hydrogens is 283 g/mol. The second kappa shape index (κ2) is 6.75. The number of amides is 1. The summed E-state index contributed by atoms with van der Waals surface area (Å²) in [7, 11) is 1.62. The zero-order valence-electron chi connectivity index (χ0n) is 13.0. The zero-order chi connectivity index (χ0) is 15.5. The standard InChI is InChI=1S/C17H23FN2O2/c1-22-7-6-17(21)20-11-14-9-19(10-15(14)12-20)8-13-4-2-3-5-16(13)18/h2-5,14-15H,6-12H2,1H3. The highest BCUT2D eigenvalue weighted by Crippen LogP contribution is 2.32. The Labute approximate surface area is 130 Å². The number of rotatable bonds is 5. The fourth-order valence-electron chi connectivity index (χ4n) is 3.64. The lowest BCUT2D eigenvalue weighted by molar-refractivity contribution is -0.131. The average molecular weight is 306 g/mol. The predicted octanol–water partition coefficient (Wildman–Crippen LogP) is 1.75. The lowest BCUT2D eigenvalue weighted by Crippen LogP contribution is -2.33. The third-order valence-corrected chi connectivity index (χ3v) is 4.79. The molecule has 0 bridgehead atoms. The molecule has 2 atom stereocenters. The predicted molar refractivity (Wildman–Crippen MR) is 81.7 cm³/mol. The van der Waals surface area contributed by atoms with E-state index < -0.39 is 0 Å². The SMILES string of the molecule is COCCC(=O)N1CC2CN(Cc3ccccc3F)CC2C1. The first-order valence-corrected chi connectivity index (χ1v) is 7.90. The summed E-state index contributed by atoms with van der Waals surface area (Å²) in [6, 6.07) is 6.97. The molecule has 1 aromatic carbocycles. The summed E-state index contributed by atoms with van der Waals surface area (Å²) >= 11 is 0. The molecule has 2 unspecified atom stereocenters. The highest BCUT2D eigenvalue weighted by Gasteiger charge is 2.41. The first kappa shape index (κ1) is 15.4. The third kappa shape index (κ3) is 3.31. The normalized spacial score (nSPS) is 24.7. The van der Waals surface area contributed by atoms with Gasteiger partial charge in [0.05, 0.1) is 13.0 Å². The van der Waals surface area contributed by atoms with Crippen LogP contribution in [0.25, 0.3) is 0 Å². The number of fused-ring (bicyclic) bond motifs is 1. The van der Waals surface area contributed by atoms with Crippen LogP contribution in [0.15, 0.2) is 24.3 Å². The number of hydrogen-bond donors (Lipinski definition) is 0. The van der Waals surface area contributed by atoms with E-state index in [0.29, 0.717) is 31.4 Å². The first-order valence-electron chi connectivity index (χ1n) is 7.90. The van der Waals surface area contributed by atoms with Crippen molar-refractivity contribution in [1.29, 1.82) is 0 Å². The average Bonchev–Trinajstić information content (AvgIpc) is 3.05. The number of halogens is 1. The van der Waals surface area contributed by atoms with Gasteiger partial charge in [-0.3, -0.25) is 9.69 Å². The Balaban J connectivity index is 1.51. The van der Waals surface area contributed by atoms with Crippen LogP contribution in [0, 0.1) is 17.7 Å². The fraction of sp³-hybridized carbons (Fsp3) is 0.588. The number of benzene rings is 1. The van der Waals surface area contributed by atoms with Crippen molar-refractivity contribution in [3.8, 4) is 0 Å². The summed E-state index contributed by atoms with van der Waals surface area (Å²) < 4.78 is 18.7. The summed E-state index contributed by atoms with van der Waals surface area (Å²) in [4.78, 5) is 16.3. The molecule has 120 valence electrons. The number of ether oxygens (including phenoxy) is 1. The van der Waals surface area contributed by atoms with E-state index in [1.54, 1.807) is 13.2 Å². The van der Waals surface area contributed by atoms with Gasteiger partial charge in [-0.25, -0.2) is 4.39 Å². The molecule has 1 aromatic rings. The highest BCUT2D eigenvalue weighted by molar-refractivity contribution is 5.76. The molecule has 5 heteroatoms. The van der Waals surface area contributed by atoms with Gasteiger partial charge in [-0.2, -0.15) is 0 Å². The second-order valence-corrected chi connectivity index (χ2v) is 6.35. The van der Waals surface area contributed by atoms with Crippen LogP contribution in [-0.4, -0.2) is 55.6 Å². The Morgan fingerprint density at radius 2 is 1.91 bits per heavy atom. The van der Waals surface area contributed by atoms with E-state index in [1.807, 2.05) is 17.0 Å². The summed E-state index contributed by atoms with van der Waals surface area (Å²) in [5, 5.41) is 0. The summed E-state index contributed by atoms with van der Waals surface area (Å²) in [5.74, 6) is 1.12. The molecule has 3 rings (SSSR count). The van der Waals surface area contributed by atoms with Gasteiger partial charge < -0.3 is 9.64 Å². The van der Waals surface area contributed by atoms with E-state index in [1.165, 1.54) is 6.07 Å². The van der Waals surface area contributed by atoms with Gasteiger partial charge in [0.15, 0.2) is 0 Å². The van der Waals surface area contributed by atoms with E-state index in [0.717, 1.165) is 31.7 Å². The van der Waals surface area contributed by atoms with Crippen LogP contribution in [0.2, 0.25) is 0 Å². The van der Waals surface area contributed by atoms with Crippen molar-refractivity contribution in [3.05, 3.63) is 35.6 Å². The minimum atomic E-state index is -0.129. The van der Waals surface area contributed by atoms with Crippen LogP contribution in [0.1, 0.15) is 12.0 Å². The minimum Gasteiger partial charge on any atom is -0.384 e. The minimum absolute atomic E-state index is 0.129. The lowest BCUT2D eigenvalue weighted by Gasteiger charge is -2.21. The fourth-order valence-corrected chi connectivity index (χ4v) is 3.64. The maximum absolute atomic E-state index is 13.7. The van der Waals surface area contributed by atoms with Crippen molar-refractivity contribution in [1.82, 2.24) is 9.80 Å². The van der Waals surface area contributed by atoms with Gasteiger partial charge in [-0.15, -0.1) is 0 Å². The number of methoxy groups -OCH3 is 1. The van der Waals surface area contributed by atoms with Gasteiger partial charge in [0.2, 0.25) is 5.91 Å². The van der Waals surface area contributed by atoms with Gasteiger partial charge in [-0.05, 0) is 17.9 Å². The van der Waals surface area contributed by atoms with Crippen LogP contribution in [0.5, 0.6) is 0 Å². The molecule has 0 aliphatic carbocycles. The van der Waals surface area contributed by atoms with Crippen LogP contribution >= 0.6 is 0 Å². The molecule has 2 aliphatic heterocycles. The Hall–Kier alpha value is -1.46. The molecular formula is C17H23FN2O2. The van der Waals surface area contributed by atoms with Crippen molar-refractivity contribution in [2.24, 2.45) is 11.8 Å². The van der Waals surface area contributed by atoms with Gasteiger partial charge >= 0.3 is 0 Å². The van der Waals surface area contributed by atoms with E-state index in [9.17, 15) is 9.18 Å². The molecule has 4 nitrogen and oxygen atoms in total. The Kier molecular flexibility index (Phi) is 4.74. The van der Waals surface area contributed by atoms with E-state index in [-0.39, 0.29) is 11.7 Å². The molecule has 2 fully saturated rings. The maximum atomic E-state index is 13.7. The molecule has 0 radical (unpaired) electrons. The largest absolute Gasteiger partial charge is 0.384 e. The van der Waals surface area contributed by atoms with E-state index in [4.69, 9.17) is 4.74 Å². The summed E-state index contributed by atoms with van der Waals surface area (Å²) in [6.45, 7) is 4.73. The van der Waals surface area contributed by atoms with Gasteiger partial charge in [0, 0.05) is 45.4 Å². The Morgan fingerprint density at radius 1 is 1.23 bits per heavy atom. The molecule has 2 saturated heterocycles. The quantitative estimate of drug-likeness (QED) is 0.831. The van der Waals surface area contributed by atoms with Crippen molar-refractivity contribution in [2.75, 3.05) is 39.9 Å². The molecule has 1 amide bonds. The van der Waals surface area contributed by atoms with Crippen LogP contribution in [0.4, 0.5) is 4.39 Å². The maximum Gasteiger partial charge on any atom is 0.224 e. The molecule has 22 heavy (non-hydrogen) atoms. The van der Waals surface area contributed by atoms with Gasteiger partial charge in [0.25, 0.3) is 0 Å². The van der Waals surface area contributed by atoms with Crippen molar-refractivity contribution in [3.63, 3.8) is 0 Å². The van der Waals surface area contributed by atoms with Crippen LogP contribution in [-0.2, 0) is 16.1 Å². The van der Waals surface area contributed by atoms with Gasteiger partial charge in [-0.1, -0.05) is 18.2 Å². The molecule has 2 aliphatic rings. The number of nitrogens with zero attached hydrogens (tertiary/aromatic N) is 2. The Bertz CT molecular complexity index is 523. The van der Waals surface area contributed by atoms with Crippen molar-refractivity contribution in [2.45, 2.75) is 13.0 Å². The lowest BCUT2D eigenvalue weighted by atomic mass is 10.0. The monoisotopic (exact) mass is 306 g/mol. The van der Waals surface area contributed by atoms with Crippen molar-refractivity contribution < 1.29 is 13.9 Å². The number of carbonyl (C=O) groups is 1. The molecule has 0 N–H and O–H groups in total. The van der Waals surface area contributed by atoms with Crippen LogP contribution < -0.4 is 0 Å². The highest BCUT2D eigenvalue weighted by atomic mass is 19.1. The second-order valence-electron chi connectivity index (χ2n) is 6.35. The molecule has 0 saturated carbocycles.